The van der Waals surface area contributed by atoms with Crippen LogP contribution in [0.25, 0.3) is 0 Å². The van der Waals surface area contributed by atoms with E-state index in [2.05, 4.69) is 5.32 Å². The zero-order valence-corrected chi connectivity index (χ0v) is 14.3. The van der Waals surface area contributed by atoms with E-state index in [1.807, 2.05) is 6.92 Å². The van der Waals surface area contributed by atoms with Crippen LogP contribution in [0.15, 0.2) is 30.3 Å². The summed E-state index contributed by atoms with van der Waals surface area (Å²) in [7, 11) is 0. The molecule has 0 aliphatic heterocycles. The van der Waals surface area contributed by atoms with Crippen LogP contribution >= 0.6 is 11.6 Å². The Morgan fingerprint density at radius 3 is 2.33 bits per heavy atom. The fourth-order valence-corrected chi connectivity index (χ4v) is 2.56. The van der Waals surface area contributed by atoms with Crippen molar-refractivity contribution in [3.05, 3.63) is 62.2 Å². The summed E-state index contributed by atoms with van der Waals surface area (Å²) >= 11 is 5.87. The van der Waals surface area contributed by atoms with Gasteiger partial charge in [0, 0.05) is 22.8 Å². The zero-order valence-electron chi connectivity index (χ0n) is 13.6. The molecule has 126 valence electrons. The number of nitrogens with zero attached hydrogens (tertiary/aromatic N) is 1. The van der Waals surface area contributed by atoms with E-state index < -0.39 is 4.92 Å². The molecule has 0 bridgehead atoms. The van der Waals surface area contributed by atoms with Crippen molar-refractivity contribution in [3.63, 3.8) is 0 Å². The van der Waals surface area contributed by atoms with Gasteiger partial charge in [-0.2, -0.15) is 0 Å². The average molecular weight is 349 g/mol. The van der Waals surface area contributed by atoms with Gasteiger partial charge in [0.15, 0.2) is 6.61 Å². The molecule has 7 heteroatoms. The number of halogens is 1. The Balaban J connectivity index is 2.06. The number of aryl methyl sites for hydroxylation is 3. The summed E-state index contributed by atoms with van der Waals surface area (Å²) < 4.78 is 5.49. The van der Waals surface area contributed by atoms with E-state index in [9.17, 15) is 14.9 Å². The monoisotopic (exact) mass is 348 g/mol. The molecule has 0 fully saturated rings. The predicted octanol–water partition coefficient (Wildman–Crippen LogP) is 4.19. The number of non-ortho nitro benzene ring substituents is 1. The molecular weight excluding hydrogens is 332 g/mol. The summed E-state index contributed by atoms with van der Waals surface area (Å²) in [5, 5.41) is 14.2. The minimum atomic E-state index is -0.460. The molecule has 0 aliphatic rings. The lowest BCUT2D eigenvalue weighted by molar-refractivity contribution is -0.384. The maximum Gasteiger partial charge on any atom is 0.270 e. The number of rotatable bonds is 5. The van der Waals surface area contributed by atoms with E-state index in [-0.39, 0.29) is 18.2 Å². The number of nitro benzene ring substituents is 1. The Morgan fingerprint density at radius 2 is 1.79 bits per heavy atom. The Bertz CT molecular complexity index is 782. The van der Waals surface area contributed by atoms with Crippen molar-refractivity contribution in [2.24, 2.45) is 0 Å². The molecule has 0 aromatic heterocycles. The van der Waals surface area contributed by atoms with Crippen molar-refractivity contribution < 1.29 is 14.5 Å². The highest BCUT2D eigenvalue weighted by Gasteiger charge is 2.14. The summed E-state index contributed by atoms with van der Waals surface area (Å²) in [4.78, 5) is 22.5. The topological polar surface area (TPSA) is 81.5 Å². The second-order valence-electron chi connectivity index (χ2n) is 5.46. The molecular formula is C17H17ClN2O4. The normalized spacial score (nSPS) is 10.3. The highest BCUT2D eigenvalue weighted by Crippen LogP contribution is 2.26. The van der Waals surface area contributed by atoms with E-state index >= 15 is 0 Å². The molecule has 2 aromatic carbocycles. The highest BCUT2D eigenvalue weighted by atomic mass is 35.5. The third kappa shape index (κ3) is 4.23. The van der Waals surface area contributed by atoms with Crippen LogP contribution < -0.4 is 10.1 Å². The molecule has 0 saturated heterocycles. The lowest BCUT2D eigenvalue weighted by atomic mass is 10.1. The van der Waals surface area contributed by atoms with Crippen LogP contribution in [0.2, 0.25) is 5.02 Å². The van der Waals surface area contributed by atoms with Crippen LogP contribution in [-0.2, 0) is 4.79 Å². The zero-order chi connectivity index (χ0) is 17.9. The van der Waals surface area contributed by atoms with Gasteiger partial charge >= 0.3 is 0 Å². The molecule has 24 heavy (non-hydrogen) atoms. The number of amides is 1. The van der Waals surface area contributed by atoms with Crippen LogP contribution in [0.5, 0.6) is 5.75 Å². The SMILES string of the molecule is Cc1cc(Cl)ccc1OCC(=O)Nc1c(C)cc([N+](=O)[O-])cc1C. The minimum Gasteiger partial charge on any atom is -0.483 e. The molecule has 6 nitrogen and oxygen atoms in total. The second-order valence-corrected chi connectivity index (χ2v) is 5.89. The Morgan fingerprint density at radius 1 is 1.17 bits per heavy atom. The van der Waals surface area contributed by atoms with Gasteiger partial charge in [0.2, 0.25) is 0 Å². The summed E-state index contributed by atoms with van der Waals surface area (Å²) in [6, 6.07) is 7.98. The van der Waals surface area contributed by atoms with Gasteiger partial charge in [-0.3, -0.25) is 14.9 Å². The van der Waals surface area contributed by atoms with Crippen LogP contribution in [0.3, 0.4) is 0 Å². The maximum atomic E-state index is 12.1. The number of nitro groups is 1. The number of hydrogen-bond donors (Lipinski definition) is 1. The largest absolute Gasteiger partial charge is 0.483 e. The lowest BCUT2D eigenvalue weighted by Crippen LogP contribution is -2.21. The lowest BCUT2D eigenvalue weighted by Gasteiger charge is -2.13. The van der Waals surface area contributed by atoms with Crippen molar-refractivity contribution >= 4 is 28.9 Å². The van der Waals surface area contributed by atoms with Gasteiger partial charge in [-0.05, 0) is 55.7 Å². The molecule has 0 unspecified atom stereocenters. The summed E-state index contributed by atoms with van der Waals surface area (Å²) in [6.07, 6.45) is 0. The standard InChI is InChI=1S/C17H17ClN2O4/c1-10-6-13(18)4-5-15(10)24-9-16(21)19-17-11(2)7-14(20(22)23)8-12(17)3/h4-8H,9H2,1-3H3,(H,19,21). The summed E-state index contributed by atoms with van der Waals surface area (Å²) in [5.74, 6) is 0.232. The predicted molar refractivity (Wildman–Crippen MR) is 92.9 cm³/mol. The molecule has 2 aromatic rings. The first-order valence-corrected chi connectivity index (χ1v) is 7.60. The van der Waals surface area contributed by atoms with E-state index in [0.717, 1.165) is 5.56 Å². The quantitative estimate of drug-likeness (QED) is 0.648. The van der Waals surface area contributed by atoms with Crippen LogP contribution in [0, 0.1) is 30.9 Å². The number of benzene rings is 2. The second kappa shape index (κ2) is 7.31. The van der Waals surface area contributed by atoms with E-state index in [1.165, 1.54) is 12.1 Å². The third-order valence-electron chi connectivity index (χ3n) is 3.49. The number of carbonyl (C=O) groups excluding carboxylic acids is 1. The van der Waals surface area contributed by atoms with Crippen molar-refractivity contribution in [1.82, 2.24) is 0 Å². The van der Waals surface area contributed by atoms with Gasteiger partial charge in [-0.15, -0.1) is 0 Å². The molecule has 1 N–H and O–H groups in total. The minimum absolute atomic E-state index is 0.00367. The Labute approximate surface area is 144 Å². The fourth-order valence-electron chi connectivity index (χ4n) is 2.34. The van der Waals surface area contributed by atoms with E-state index in [1.54, 1.807) is 32.0 Å². The Kier molecular flexibility index (Phi) is 5.41. The molecule has 1 amide bonds. The molecule has 0 aliphatic carbocycles. The van der Waals surface area contributed by atoms with Gasteiger partial charge in [-0.1, -0.05) is 11.6 Å². The number of hydrogen-bond acceptors (Lipinski definition) is 4. The van der Waals surface area contributed by atoms with Crippen LogP contribution in [-0.4, -0.2) is 17.4 Å². The highest BCUT2D eigenvalue weighted by molar-refractivity contribution is 6.30. The van der Waals surface area contributed by atoms with Gasteiger partial charge in [0.25, 0.3) is 11.6 Å². The first-order valence-electron chi connectivity index (χ1n) is 7.22. The smallest absolute Gasteiger partial charge is 0.270 e. The van der Waals surface area contributed by atoms with Gasteiger partial charge in [0.05, 0.1) is 4.92 Å². The molecule has 0 radical (unpaired) electrons. The van der Waals surface area contributed by atoms with Gasteiger partial charge in [0.1, 0.15) is 5.75 Å². The molecule has 0 heterocycles. The maximum absolute atomic E-state index is 12.1. The summed E-state index contributed by atoms with van der Waals surface area (Å²) in [5.41, 5.74) is 2.63. The summed E-state index contributed by atoms with van der Waals surface area (Å²) in [6.45, 7) is 5.09. The van der Waals surface area contributed by atoms with Crippen molar-refractivity contribution in [2.45, 2.75) is 20.8 Å². The molecule has 0 saturated carbocycles. The first kappa shape index (κ1) is 17.7. The van der Waals surface area contributed by atoms with Crippen LogP contribution in [0.1, 0.15) is 16.7 Å². The van der Waals surface area contributed by atoms with Gasteiger partial charge < -0.3 is 10.1 Å². The first-order chi connectivity index (χ1) is 11.3. The number of anilines is 1. The van der Waals surface area contributed by atoms with Gasteiger partial charge in [-0.25, -0.2) is 0 Å². The average Bonchev–Trinajstić information content (AvgIpc) is 2.49. The molecule has 0 atom stereocenters. The van der Waals surface area contributed by atoms with Crippen LogP contribution in [0.4, 0.5) is 11.4 Å². The van der Waals surface area contributed by atoms with E-state index in [4.69, 9.17) is 16.3 Å². The van der Waals surface area contributed by atoms with Crippen molar-refractivity contribution in [1.29, 1.82) is 0 Å². The molecule has 2 rings (SSSR count). The Hall–Kier alpha value is -2.60. The molecule has 0 spiro atoms. The van der Waals surface area contributed by atoms with Crippen molar-refractivity contribution in [3.8, 4) is 5.75 Å². The van der Waals surface area contributed by atoms with Crippen molar-refractivity contribution in [2.75, 3.05) is 11.9 Å². The van der Waals surface area contributed by atoms with E-state index in [0.29, 0.717) is 27.6 Å². The third-order valence-corrected chi connectivity index (χ3v) is 3.72. The fraction of sp³-hybridized carbons (Fsp3) is 0.235. The number of nitrogens with one attached hydrogen (secondary N) is 1. The number of ether oxygens (including phenoxy) is 1. The number of carbonyl (C=O) groups is 1.